The van der Waals surface area contributed by atoms with Gasteiger partial charge in [-0.1, -0.05) is 23.8 Å². The van der Waals surface area contributed by atoms with Crippen LogP contribution in [0, 0.1) is 33.6 Å². The molecule has 0 N–H and O–H groups in total. The quantitative estimate of drug-likeness (QED) is 0.608. The van der Waals surface area contributed by atoms with E-state index < -0.39 is 0 Å². The maximum atomic E-state index is 7.60. The summed E-state index contributed by atoms with van der Waals surface area (Å²) in [6, 6.07) is 7.50. The van der Waals surface area contributed by atoms with Gasteiger partial charge in [0.15, 0.2) is 5.69 Å². The van der Waals surface area contributed by atoms with Crippen molar-refractivity contribution in [2.24, 2.45) is 0 Å². The van der Waals surface area contributed by atoms with Gasteiger partial charge in [-0.15, -0.1) is 0 Å². The summed E-state index contributed by atoms with van der Waals surface area (Å²) in [6.45, 7) is 28.6. The summed E-state index contributed by atoms with van der Waals surface area (Å²) in [5, 5.41) is 0. The zero-order valence-electron chi connectivity index (χ0n) is 14.6. The first-order valence-electron chi connectivity index (χ1n) is 7.87. The summed E-state index contributed by atoms with van der Waals surface area (Å²) in [5.41, 5.74) is 5.71. The van der Waals surface area contributed by atoms with Gasteiger partial charge in [0.05, 0.1) is 31.1 Å². The Morgan fingerprint density at radius 3 is 2.20 bits per heavy atom. The first kappa shape index (κ1) is 16.4. The molecule has 3 rings (SSSR count). The summed E-state index contributed by atoms with van der Waals surface area (Å²) in [5.74, 6) is 0. The van der Waals surface area contributed by atoms with Gasteiger partial charge >= 0.3 is 0 Å². The van der Waals surface area contributed by atoms with Crippen LogP contribution in [0.5, 0.6) is 0 Å². The van der Waals surface area contributed by atoms with Gasteiger partial charge in [0.1, 0.15) is 6.17 Å². The van der Waals surface area contributed by atoms with Crippen molar-refractivity contribution < 1.29 is 0 Å². The Morgan fingerprint density at radius 2 is 1.60 bits per heavy atom. The zero-order valence-corrected chi connectivity index (χ0v) is 14.6. The van der Waals surface area contributed by atoms with E-state index in [4.69, 9.17) is 19.7 Å². The minimum Gasteiger partial charge on any atom is -0.354 e. The third-order valence-electron chi connectivity index (χ3n) is 4.68. The minimum atomic E-state index is -0.0570. The van der Waals surface area contributed by atoms with Crippen LogP contribution < -0.4 is 9.80 Å². The van der Waals surface area contributed by atoms with E-state index in [1.807, 2.05) is 50.9 Å². The molecule has 1 atom stereocenters. The van der Waals surface area contributed by atoms with Crippen molar-refractivity contribution in [1.29, 1.82) is 0 Å². The predicted octanol–water partition coefficient (Wildman–Crippen LogP) is 5.89. The van der Waals surface area contributed by atoms with Crippen LogP contribution >= 0.6 is 0 Å². The fourth-order valence-corrected chi connectivity index (χ4v) is 3.48. The Kier molecular flexibility index (Phi) is 3.84. The van der Waals surface area contributed by atoms with Crippen molar-refractivity contribution in [2.75, 3.05) is 16.8 Å². The number of fused-ring (bicyclic) bond motifs is 1. The molecule has 0 saturated heterocycles. The summed E-state index contributed by atoms with van der Waals surface area (Å²) < 4.78 is 0. The summed E-state index contributed by atoms with van der Waals surface area (Å²) in [7, 11) is 1.97. The first-order valence-corrected chi connectivity index (χ1v) is 7.87. The van der Waals surface area contributed by atoms with Gasteiger partial charge in [0.25, 0.3) is 0 Å². The number of rotatable bonds is 1. The Bertz CT molecular complexity index is 1000. The van der Waals surface area contributed by atoms with E-state index in [9.17, 15) is 0 Å². The normalized spacial score (nSPS) is 15.3. The molecule has 0 unspecified atom stereocenters. The summed E-state index contributed by atoms with van der Waals surface area (Å²) >= 11 is 0. The van der Waals surface area contributed by atoms with Crippen molar-refractivity contribution in [3.05, 3.63) is 69.6 Å². The third-order valence-corrected chi connectivity index (χ3v) is 4.68. The maximum absolute atomic E-state index is 7.60. The molecular weight excluding hydrogens is 310 g/mol. The monoisotopic (exact) mass is 327 g/mol. The van der Waals surface area contributed by atoms with Gasteiger partial charge in [-0.25, -0.2) is 9.69 Å². The van der Waals surface area contributed by atoms with Crippen LogP contribution in [-0.2, 0) is 0 Å². The van der Waals surface area contributed by atoms with Crippen molar-refractivity contribution in [2.45, 2.75) is 26.9 Å². The van der Waals surface area contributed by atoms with E-state index in [0.29, 0.717) is 17.1 Å². The second-order valence-corrected chi connectivity index (χ2v) is 6.20. The first-order chi connectivity index (χ1) is 11.9. The largest absolute Gasteiger partial charge is 0.354 e. The predicted molar refractivity (Wildman–Crippen MR) is 101 cm³/mol. The van der Waals surface area contributed by atoms with Gasteiger partial charge in [0.2, 0.25) is 11.4 Å². The number of nitrogens with zero attached hydrogens (tertiary/aromatic N) is 5. The summed E-state index contributed by atoms with van der Waals surface area (Å²) in [4.78, 5) is 15.0. The average molecular weight is 327 g/mol. The van der Waals surface area contributed by atoms with Crippen LogP contribution in [-0.4, -0.2) is 13.2 Å². The lowest BCUT2D eigenvalue weighted by atomic mass is 10.1. The molecule has 0 aromatic heterocycles. The highest BCUT2D eigenvalue weighted by atomic mass is 15.4. The Hall–Kier alpha value is -3.49. The molecule has 122 valence electrons. The molecule has 2 aromatic rings. The lowest BCUT2D eigenvalue weighted by Crippen LogP contribution is -2.36. The van der Waals surface area contributed by atoms with E-state index in [2.05, 4.69) is 19.4 Å². The molecule has 0 aliphatic carbocycles. The second-order valence-electron chi connectivity index (χ2n) is 6.20. The highest BCUT2D eigenvalue weighted by Crippen LogP contribution is 2.54. The molecule has 5 nitrogen and oxygen atoms in total. The second kappa shape index (κ2) is 5.86. The highest BCUT2D eigenvalue weighted by molar-refractivity contribution is 6.01. The molecule has 1 heterocycles. The minimum absolute atomic E-state index is 0.0570. The molecule has 0 radical (unpaired) electrons. The molecule has 1 aliphatic heterocycles. The van der Waals surface area contributed by atoms with Gasteiger partial charge in [-0.05, 0) is 32.4 Å². The highest BCUT2D eigenvalue weighted by Gasteiger charge is 2.36. The van der Waals surface area contributed by atoms with E-state index in [-0.39, 0.29) is 6.17 Å². The molecule has 0 spiro atoms. The Morgan fingerprint density at radius 1 is 0.920 bits per heavy atom. The van der Waals surface area contributed by atoms with E-state index >= 15 is 0 Å². The lowest BCUT2D eigenvalue weighted by Gasteiger charge is -2.31. The number of hydrogen-bond donors (Lipinski definition) is 0. The van der Waals surface area contributed by atoms with Crippen molar-refractivity contribution in [3.63, 3.8) is 0 Å². The van der Waals surface area contributed by atoms with Gasteiger partial charge in [0, 0.05) is 12.7 Å². The number of anilines is 3. The number of hydrogen-bond acceptors (Lipinski definition) is 2. The van der Waals surface area contributed by atoms with Gasteiger partial charge < -0.3 is 9.80 Å². The molecule has 5 heteroatoms. The van der Waals surface area contributed by atoms with E-state index in [0.717, 1.165) is 28.2 Å². The Balaban J connectivity index is 2.39. The zero-order chi connectivity index (χ0) is 18.3. The molecule has 0 bridgehead atoms. The van der Waals surface area contributed by atoms with E-state index in [1.165, 1.54) is 0 Å². The Labute approximate surface area is 148 Å². The maximum Gasteiger partial charge on any atom is 0.219 e. The molecule has 2 aromatic carbocycles. The number of aryl methyl sites for hydroxylation is 2. The van der Waals surface area contributed by atoms with Crippen molar-refractivity contribution in [3.8, 4) is 0 Å². The third kappa shape index (κ3) is 2.28. The van der Waals surface area contributed by atoms with Crippen molar-refractivity contribution >= 4 is 34.1 Å². The molecule has 0 fully saturated rings. The van der Waals surface area contributed by atoms with Gasteiger partial charge in [-0.3, -0.25) is 4.85 Å². The molecule has 0 saturated carbocycles. The summed E-state index contributed by atoms with van der Waals surface area (Å²) in [6.07, 6.45) is -0.0570. The van der Waals surface area contributed by atoms with Crippen LogP contribution in [0.4, 0.5) is 34.1 Å². The lowest BCUT2D eigenvalue weighted by molar-refractivity contribution is 0.734. The van der Waals surface area contributed by atoms with Crippen molar-refractivity contribution in [1.82, 2.24) is 0 Å². The fourth-order valence-electron chi connectivity index (χ4n) is 3.48. The molecule has 0 amide bonds. The van der Waals surface area contributed by atoms with Crippen LogP contribution in [0.2, 0.25) is 0 Å². The SMILES string of the molecule is [C-]#[N+]c1ccc2c(c1[N+]#[C-])N(c1c(C)cc(C)cc1[N+]#[C-])[C@@H](C)N2C. The fraction of sp³-hybridized carbons (Fsp3) is 0.250. The van der Waals surface area contributed by atoms with Crippen LogP contribution in [0.25, 0.3) is 14.5 Å². The topological polar surface area (TPSA) is 19.6 Å². The van der Waals surface area contributed by atoms with E-state index in [1.54, 1.807) is 6.07 Å². The van der Waals surface area contributed by atoms with Crippen LogP contribution in [0.15, 0.2) is 24.3 Å². The molecule has 25 heavy (non-hydrogen) atoms. The molecule has 1 aliphatic rings. The smallest absolute Gasteiger partial charge is 0.219 e. The van der Waals surface area contributed by atoms with Crippen LogP contribution in [0.1, 0.15) is 18.1 Å². The molecular formula is C20H17N5. The average Bonchev–Trinajstić information content (AvgIpc) is 2.85. The standard InChI is InChI=1S/C20H17N5/c1-12-10-13(2)19(16(11-12)22-5)25-14(3)24(7)17-9-8-15(21-4)18(23-6)20(17)25/h8-11,14H,1-3,7H3/t14-/m0/s1. The van der Waals surface area contributed by atoms with Gasteiger partial charge in [-0.2, -0.15) is 0 Å². The number of benzene rings is 2. The van der Waals surface area contributed by atoms with Crippen LogP contribution in [0.3, 0.4) is 0 Å².